The summed E-state index contributed by atoms with van der Waals surface area (Å²) in [5.41, 5.74) is 4.03. The van der Waals surface area contributed by atoms with Crippen LogP contribution in [0.1, 0.15) is 37.0 Å². The molecule has 96 valence electrons. The first-order valence-electron chi connectivity index (χ1n) is 6.39. The lowest BCUT2D eigenvalue weighted by Gasteiger charge is -2.21. The Morgan fingerprint density at radius 3 is 2.18 bits per heavy atom. The van der Waals surface area contributed by atoms with Gasteiger partial charge in [0.15, 0.2) is 0 Å². The number of benzene rings is 1. The first-order chi connectivity index (χ1) is 8.02. The van der Waals surface area contributed by atoms with Gasteiger partial charge in [-0.05, 0) is 31.7 Å². The van der Waals surface area contributed by atoms with Gasteiger partial charge in [-0.15, -0.1) is 11.6 Å². The number of nitrogens with one attached hydrogen (secondary N) is 1. The fraction of sp³-hybridized carbons (Fsp3) is 0.600. The summed E-state index contributed by atoms with van der Waals surface area (Å²) in [6, 6.07) is 7.21. The summed E-state index contributed by atoms with van der Waals surface area (Å²) in [6.45, 7) is 9.71. The Morgan fingerprint density at radius 1 is 1.12 bits per heavy atom. The van der Waals surface area contributed by atoms with Crippen molar-refractivity contribution in [2.75, 3.05) is 5.88 Å². The molecular formula is C15H24ClN. The number of hydrogen-bond donors (Lipinski definition) is 1. The lowest BCUT2D eigenvalue weighted by atomic mass is 10.0. The van der Waals surface area contributed by atoms with Gasteiger partial charge in [0.2, 0.25) is 0 Å². The van der Waals surface area contributed by atoms with E-state index in [0.29, 0.717) is 12.0 Å². The van der Waals surface area contributed by atoms with Gasteiger partial charge in [0.1, 0.15) is 0 Å². The number of alkyl halides is 1. The Kier molecular flexibility index (Phi) is 6.01. The topological polar surface area (TPSA) is 12.0 Å². The largest absolute Gasteiger partial charge is 0.310 e. The molecule has 1 aromatic carbocycles. The van der Waals surface area contributed by atoms with Gasteiger partial charge in [0.05, 0.1) is 0 Å². The normalized spacial score (nSPS) is 13.1. The summed E-state index contributed by atoms with van der Waals surface area (Å²) < 4.78 is 0. The zero-order valence-electron chi connectivity index (χ0n) is 11.4. The third-order valence-electron chi connectivity index (χ3n) is 3.07. The van der Waals surface area contributed by atoms with E-state index in [0.717, 1.165) is 18.8 Å². The fourth-order valence-corrected chi connectivity index (χ4v) is 2.44. The standard InChI is InChI=1S/C15H24ClN/c1-11(2)15(5-6-16)17-10-14-8-12(3)7-13(4)9-14/h7-9,11,15,17H,5-6,10H2,1-4H3. The predicted octanol–water partition coefficient (Wildman–Crippen LogP) is 4.05. The summed E-state index contributed by atoms with van der Waals surface area (Å²) in [7, 11) is 0. The summed E-state index contributed by atoms with van der Waals surface area (Å²) in [5.74, 6) is 1.35. The predicted molar refractivity (Wildman–Crippen MR) is 76.7 cm³/mol. The monoisotopic (exact) mass is 253 g/mol. The lowest BCUT2D eigenvalue weighted by Crippen LogP contribution is -2.33. The van der Waals surface area contributed by atoms with Crippen molar-refractivity contribution in [2.45, 2.75) is 46.7 Å². The van der Waals surface area contributed by atoms with Crippen molar-refractivity contribution in [3.05, 3.63) is 34.9 Å². The highest BCUT2D eigenvalue weighted by atomic mass is 35.5. The van der Waals surface area contributed by atoms with E-state index < -0.39 is 0 Å². The van der Waals surface area contributed by atoms with Crippen LogP contribution in [0.25, 0.3) is 0 Å². The molecule has 0 aliphatic rings. The van der Waals surface area contributed by atoms with Crippen molar-refractivity contribution in [1.29, 1.82) is 0 Å². The second-order valence-electron chi connectivity index (χ2n) is 5.21. The van der Waals surface area contributed by atoms with Crippen LogP contribution in [0.15, 0.2) is 18.2 Å². The van der Waals surface area contributed by atoms with Crippen molar-refractivity contribution >= 4 is 11.6 Å². The average molecular weight is 254 g/mol. The van der Waals surface area contributed by atoms with E-state index in [-0.39, 0.29) is 0 Å². The highest BCUT2D eigenvalue weighted by Crippen LogP contribution is 2.11. The van der Waals surface area contributed by atoms with Gasteiger partial charge in [-0.2, -0.15) is 0 Å². The molecule has 1 nitrogen and oxygen atoms in total. The van der Waals surface area contributed by atoms with E-state index in [1.807, 2.05) is 0 Å². The molecule has 0 amide bonds. The molecule has 0 spiro atoms. The summed E-state index contributed by atoms with van der Waals surface area (Å²) in [4.78, 5) is 0. The Bertz CT molecular complexity index is 327. The van der Waals surface area contributed by atoms with Crippen molar-refractivity contribution in [1.82, 2.24) is 5.32 Å². The van der Waals surface area contributed by atoms with Crippen LogP contribution in [-0.4, -0.2) is 11.9 Å². The van der Waals surface area contributed by atoms with Crippen molar-refractivity contribution in [3.63, 3.8) is 0 Å². The van der Waals surface area contributed by atoms with Gasteiger partial charge in [-0.25, -0.2) is 0 Å². The third kappa shape index (κ3) is 5.10. The van der Waals surface area contributed by atoms with Gasteiger partial charge in [-0.3, -0.25) is 0 Å². The Hall–Kier alpha value is -0.530. The highest BCUT2D eigenvalue weighted by Gasteiger charge is 2.11. The molecule has 17 heavy (non-hydrogen) atoms. The lowest BCUT2D eigenvalue weighted by molar-refractivity contribution is 0.389. The van der Waals surface area contributed by atoms with Crippen molar-refractivity contribution in [3.8, 4) is 0 Å². The number of halogens is 1. The number of rotatable bonds is 6. The number of aryl methyl sites for hydroxylation is 2. The van der Waals surface area contributed by atoms with Crippen LogP contribution in [0.2, 0.25) is 0 Å². The molecule has 0 heterocycles. The van der Waals surface area contributed by atoms with Gasteiger partial charge >= 0.3 is 0 Å². The smallest absolute Gasteiger partial charge is 0.0238 e. The Morgan fingerprint density at radius 2 is 1.71 bits per heavy atom. The van der Waals surface area contributed by atoms with E-state index in [2.05, 4.69) is 51.2 Å². The zero-order valence-corrected chi connectivity index (χ0v) is 12.1. The van der Waals surface area contributed by atoms with Crippen LogP contribution < -0.4 is 5.32 Å². The first kappa shape index (κ1) is 14.5. The Labute approximate surface area is 111 Å². The summed E-state index contributed by atoms with van der Waals surface area (Å²) >= 11 is 5.83. The molecule has 0 aromatic heterocycles. The molecule has 1 aromatic rings. The number of hydrogen-bond acceptors (Lipinski definition) is 1. The molecular weight excluding hydrogens is 230 g/mol. The van der Waals surface area contributed by atoms with Crippen LogP contribution in [0.5, 0.6) is 0 Å². The molecule has 0 saturated carbocycles. The Balaban J connectivity index is 2.58. The zero-order chi connectivity index (χ0) is 12.8. The SMILES string of the molecule is Cc1cc(C)cc(CNC(CCCl)C(C)C)c1. The fourth-order valence-electron chi connectivity index (χ4n) is 2.21. The maximum atomic E-state index is 5.83. The average Bonchev–Trinajstić information content (AvgIpc) is 2.22. The van der Waals surface area contributed by atoms with Crippen LogP contribution >= 0.6 is 11.6 Å². The van der Waals surface area contributed by atoms with E-state index >= 15 is 0 Å². The highest BCUT2D eigenvalue weighted by molar-refractivity contribution is 6.17. The molecule has 0 aliphatic carbocycles. The van der Waals surface area contributed by atoms with Gasteiger partial charge in [0, 0.05) is 18.5 Å². The van der Waals surface area contributed by atoms with Crippen LogP contribution in [0, 0.1) is 19.8 Å². The van der Waals surface area contributed by atoms with Crippen LogP contribution in [0.4, 0.5) is 0 Å². The molecule has 0 bridgehead atoms. The van der Waals surface area contributed by atoms with Gasteiger partial charge < -0.3 is 5.32 Å². The van der Waals surface area contributed by atoms with E-state index in [9.17, 15) is 0 Å². The minimum atomic E-state index is 0.508. The minimum Gasteiger partial charge on any atom is -0.310 e. The van der Waals surface area contributed by atoms with Crippen LogP contribution in [0.3, 0.4) is 0 Å². The molecule has 0 radical (unpaired) electrons. The van der Waals surface area contributed by atoms with Crippen molar-refractivity contribution in [2.24, 2.45) is 5.92 Å². The molecule has 1 rings (SSSR count). The molecule has 2 heteroatoms. The molecule has 1 N–H and O–H groups in total. The summed E-state index contributed by atoms with van der Waals surface area (Å²) in [5, 5.41) is 3.61. The second kappa shape index (κ2) is 7.03. The van der Waals surface area contributed by atoms with E-state index in [4.69, 9.17) is 11.6 Å². The second-order valence-corrected chi connectivity index (χ2v) is 5.58. The third-order valence-corrected chi connectivity index (χ3v) is 3.29. The van der Waals surface area contributed by atoms with Gasteiger partial charge in [0.25, 0.3) is 0 Å². The quantitative estimate of drug-likeness (QED) is 0.755. The first-order valence-corrected chi connectivity index (χ1v) is 6.93. The molecule has 0 saturated heterocycles. The molecule has 1 atom stereocenters. The minimum absolute atomic E-state index is 0.508. The van der Waals surface area contributed by atoms with E-state index in [1.54, 1.807) is 0 Å². The molecule has 1 unspecified atom stereocenters. The van der Waals surface area contributed by atoms with E-state index in [1.165, 1.54) is 16.7 Å². The van der Waals surface area contributed by atoms with Gasteiger partial charge in [-0.1, -0.05) is 43.2 Å². The summed E-state index contributed by atoms with van der Waals surface area (Å²) in [6.07, 6.45) is 1.03. The van der Waals surface area contributed by atoms with Crippen molar-refractivity contribution < 1.29 is 0 Å². The molecule has 0 fully saturated rings. The molecule has 0 aliphatic heterocycles. The maximum Gasteiger partial charge on any atom is 0.0238 e. The maximum absolute atomic E-state index is 5.83. The van der Waals surface area contributed by atoms with Crippen LogP contribution in [-0.2, 0) is 6.54 Å².